The van der Waals surface area contributed by atoms with Crippen molar-refractivity contribution in [3.05, 3.63) is 0 Å². The molecule has 9 heavy (non-hydrogen) atoms. The summed E-state index contributed by atoms with van der Waals surface area (Å²) in [6, 6.07) is 0. The average molecular weight is 164 g/mol. The third-order valence-electron chi connectivity index (χ3n) is 0.756. The van der Waals surface area contributed by atoms with E-state index in [0.717, 1.165) is 6.35 Å². The van der Waals surface area contributed by atoms with E-state index in [9.17, 15) is 0 Å². The number of hydrogen-bond donors (Lipinski definition) is 0. The molecule has 0 amide bonds. The minimum Gasteiger partial charge on any atom is -0.414 e. The molecular formula is C6H17OPSi. The van der Waals surface area contributed by atoms with Crippen molar-refractivity contribution in [2.45, 2.75) is 19.6 Å². The first kappa shape index (κ1) is 9.61. The van der Waals surface area contributed by atoms with Gasteiger partial charge < -0.3 is 4.43 Å². The summed E-state index contributed by atoms with van der Waals surface area (Å²) in [5.74, 6) is 0. The number of hydrogen-bond acceptors (Lipinski definition) is 1. The molecule has 0 fully saturated rings. The molecule has 0 atom stereocenters. The molecule has 0 aromatic carbocycles. The smallest absolute Gasteiger partial charge is 0.184 e. The van der Waals surface area contributed by atoms with Crippen molar-refractivity contribution in [3.8, 4) is 0 Å². The molecule has 56 valence electrons. The minimum absolute atomic E-state index is 0.148. The molecule has 0 radical (unpaired) electrons. The zero-order chi connectivity index (χ0) is 7.49. The van der Waals surface area contributed by atoms with Crippen molar-refractivity contribution in [1.82, 2.24) is 0 Å². The van der Waals surface area contributed by atoms with Crippen molar-refractivity contribution in [1.29, 1.82) is 0 Å². The van der Waals surface area contributed by atoms with E-state index < -0.39 is 8.32 Å². The van der Waals surface area contributed by atoms with Gasteiger partial charge in [-0.3, -0.25) is 0 Å². The minimum atomic E-state index is -1.20. The predicted octanol–water partition coefficient (Wildman–Crippen LogP) is 2.54. The van der Waals surface area contributed by atoms with Crippen LogP contribution < -0.4 is 0 Å². The summed E-state index contributed by atoms with van der Waals surface area (Å²) < 4.78 is 5.66. The van der Waals surface area contributed by atoms with Gasteiger partial charge >= 0.3 is 0 Å². The molecule has 0 unspecified atom stereocenters. The zero-order valence-corrected chi connectivity index (χ0v) is 8.96. The van der Waals surface area contributed by atoms with Crippen LogP contribution in [-0.4, -0.2) is 28.0 Å². The fraction of sp³-hybridized carbons (Fsp3) is 1.00. The lowest BCUT2D eigenvalue weighted by atomic mass is 11.7. The van der Waals surface area contributed by atoms with Gasteiger partial charge in [-0.05, 0) is 33.0 Å². The van der Waals surface area contributed by atoms with Crippen LogP contribution in [0.2, 0.25) is 19.6 Å². The van der Waals surface area contributed by atoms with E-state index in [1.54, 1.807) is 0 Å². The molecule has 0 N–H and O–H groups in total. The Morgan fingerprint density at radius 3 is 1.78 bits per heavy atom. The van der Waals surface area contributed by atoms with Gasteiger partial charge in [0.15, 0.2) is 8.32 Å². The largest absolute Gasteiger partial charge is 0.414 e. The SMILES string of the molecule is CP(C)CO[Si](C)(C)C. The number of rotatable bonds is 3. The second-order valence-electron chi connectivity index (χ2n) is 3.47. The van der Waals surface area contributed by atoms with E-state index >= 15 is 0 Å². The maximum absolute atomic E-state index is 5.66. The summed E-state index contributed by atoms with van der Waals surface area (Å²) in [6.07, 6.45) is 0.991. The lowest BCUT2D eigenvalue weighted by Gasteiger charge is -2.18. The highest BCUT2D eigenvalue weighted by Crippen LogP contribution is 2.25. The van der Waals surface area contributed by atoms with Gasteiger partial charge in [0.05, 0.1) is 6.35 Å². The van der Waals surface area contributed by atoms with Crippen molar-refractivity contribution >= 4 is 16.2 Å². The fourth-order valence-corrected chi connectivity index (χ4v) is 2.90. The Morgan fingerprint density at radius 1 is 1.22 bits per heavy atom. The maximum Gasteiger partial charge on any atom is 0.184 e. The molecule has 0 aliphatic carbocycles. The Hall–Kier alpha value is 0.607. The zero-order valence-electron chi connectivity index (χ0n) is 7.06. The first-order chi connectivity index (χ1) is 3.92. The van der Waals surface area contributed by atoms with Gasteiger partial charge in [-0.15, -0.1) is 0 Å². The lowest BCUT2D eigenvalue weighted by Crippen LogP contribution is -2.25. The van der Waals surface area contributed by atoms with Crippen LogP contribution in [0.5, 0.6) is 0 Å². The van der Waals surface area contributed by atoms with E-state index in [1.807, 2.05) is 0 Å². The normalized spacial score (nSPS) is 12.7. The Bertz CT molecular complexity index is 77.6. The maximum atomic E-state index is 5.66. The third-order valence-corrected chi connectivity index (χ3v) is 2.65. The molecule has 0 aromatic heterocycles. The second-order valence-corrected chi connectivity index (χ2v) is 10.4. The van der Waals surface area contributed by atoms with Crippen LogP contribution >= 0.6 is 7.92 Å². The summed E-state index contributed by atoms with van der Waals surface area (Å²) in [5, 5.41) is 0. The van der Waals surface area contributed by atoms with Crippen molar-refractivity contribution in [2.24, 2.45) is 0 Å². The van der Waals surface area contributed by atoms with E-state index in [-0.39, 0.29) is 7.92 Å². The van der Waals surface area contributed by atoms with Gasteiger partial charge in [0.1, 0.15) is 0 Å². The molecular weight excluding hydrogens is 147 g/mol. The molecule has 0 aliphatic rings. The summed E-state index contributed by atoms with van der Waals surface area (Å²) in [6.45, 7) is 11.2. The van der Waals surface area contributed by atoms with Crippen LogP contribution in [-0.2, 0) is 4.43 Å². The highest BCUT2D eigenvalue weighted by molar-refractivity contribution is 7.55. The van der Waals surface area contributed by atoms with Crippen LogP contribution in [0.25, 0.3) is 0 Å². The molecule has 0 aliphatic heterocycles. The molecule has 0 bridgehead atoms. The predicted molar refractivity (Wildman–Crippen MR) is 48.1 cm³/mol. The van der Waals surface area contributed by atoms with Gasteiger partial charge in [-0.1, -0.05) is 7.92 Å². The van der Waals surface area contributed by atoms with Gasteiger partial charge in [-0.2, -0.15) is 0 Å². The van der Waals surface area contributed by atoms with Crippen LogP contribution in [0, 0.1) is 0 Å². The molecule has 0 heterocycles. The van der Waals surface area contributed by atoms with Gasteiger partial charge in [0, 0.05) is 0 Å². The fourth-order valence-electron chi connectivity index (χ4n) is 0.323. The van der Waals surface area contributed by atoms with Crippen LogP contribution in [0.3, 0.4) is 0 Å². The molecule has 1 nitrogen and oxygen atoms in total. The average Bonchev–Trinajstić information content (AvgIpc) is 1.59. The Morgan fingerprint density at radius 2 is 1.67 bits per heavy atom. The van der Waals surface area contributed by atoms with Crippen molar-refractivity contribution in [3.63, 3.8) is 0 Å². The summed E-state index contributed by atoms with van der Waals surface area (Å²) in [7, 11) is -1.06. The molecule has 0 saturated carbocycles. The molecule has 0 aromatic rings. The van der Waals surface area contributed by atoms with E-state index in [2.05, 4.69) is 33.0 Å². The standard InChI is InChI=1S/C6H17OPSi/c1-8(2)6-7-9(3,4)5/h6H2,1-5H3. The van der Waals surface area contributed by atoms with Crippen LogP contribution in [0.1, 0.15) is 0 Å². The van der Waals surface area contributed by atoms with Gasteiger partial charge in [-0.25, -0.2) is 0 Å². The van der Waals surface area contributed by atoms with Crippen LogP contribution in [0.15, 0.2) is 0 Å². The van der Waals surface area contributed by atoms with E-state index in [1.165, 1.54) is 0 Å². The van der Waals surface area contributed by atoms with Gasteiger partial charge in [0.2, 0.25) is 0 Å². The first-order valence-electron chi connectivity index (χ1n) is 3.20. The van der Waals surface area contributed by atoms with Gasteiger partial charge in [0.25, 0.3) is 0 Å². The van der Waals surface area contributed by atoms with E-state index in [4.69, 9.17) is 4.43 Å². The van der Waals surface area contributed by atoms with Crippen molar-refractivity contribution in [2.75, 3.05) is 19.7 Å². The molecule has 3 heteroatoms. The van der Waals surface area contributed by atoms with Crippen LogP contribution in [0.4, 0.5) is 0 Å². The molecule has 0 spiro atoms. The van der Waals surface area contributed by atoms with E-state index in [0.29, 0.717) is 0 Å². The highest BCUT2D eigenvalue weighted by atomic mass is 31.1. The third kappa shape index (κ3) is 8.61. The molecule has 0 rings (SSSR count). The summed E-state index contributed by atoms with van der Waals surface area (Å²) in [4.78, 5) is 0. The summed E-state index contributed by atoms with van der Waals surface area (Å²) >= 11 is 0. The monoisotopic (exact) mass is 164 g/mol. The highest BCUT2D eigenvalue weighted by Gasteiger charge is 2.13. The Kier molecular flexibility index (Phi) is 3.95. The quantitative estimate of drug-likeness (QED) is 0.460. The second kappa shape index (κ2) is 3.70. The summed E-state index contributed by atoms with van der Waals surface area (Å²) in [5.41, 5.74) is 0. The lowest BCUT2D eigenvalue weighted by molar-refractivity contribution is 0.384. The topological polar surface area (TPSA) is 9.23 Å². The Labute approximate surface area is 60.7 Å². The first-order valence-corrected chi connectivity index (χ1v) is 9.03. The molecule has 0 saturated heterocycles. The van der Waals surface area contributed by atoms with Crippen molar-refractivity contribution < 1.29 is 4.43 Å². The Balaban J connectivity index is 3.28.